The molecular weight excluding hydrogens is 468 g/mol. The first-order chi connectivity index (χ1) is 14.6. The molecule has 0 saturated heterocycles. The van der Waals surface area contributed by atoms with Gasteiger partial charge in [0.1, 0.15) is 0 Å². The Hall–Kier alpha value is -2.70. The van der Waals surface area contributed by atoms with Crippen molar-refractivity contribution in [1.82, 2.24) is 0 Å². The van der Waals surface area contributed by atoms with Crippen LogP contribution in [0.25, 0.3) is 0 Å². The van der Waals surface area contributed by atoms with Gasteiger partial charge in [0, 0.05) is 12.2 Å². The quantitative estimate of drug-likeness (QED) is 0.379. The predicted molar refractivity (Wildman–Crippen MR) is 125 cm³/mol. The highest BCUT2D eigenvalue weighted by molar-refractivity contribution is 9.10. The molecule has 1 amide bonds. The highest BCUT2D eigenvalue weighted by Gasteiger charge is 2.14. The summed E-state index contributed by atoms with van der Waals surface area (Å²) in [6.45, 7) is 2.79. The molecule has 5 nitrogen and oxygen atoms in total. The highest BCUT2D eigenvalue weighted by Crippen LogP contribution is 2.37. The average Bonchev–Trinajstić information content (AvgIpc) is 2.73. The molecule has 0 radical (unpaired) electrons. The van der Waals surface area contributed by atoms with Crippen LogP contribution in [0.1, 0.15) is 12.5 Å². The summed E-state index contributed by atoms with van der Waals surface area (Å²) in [4.78, 5) is 12.2. The SMILES string of the molecule is CCOc1cc(CNc2ccccc2Cl)cc(Br)c1OCC(=O)Nc1ccccc1. The molecule has 0 aliphatic rings. The molecule has 0 aromatic heterocycles. The molecule has 0 saturated carbocycles. The maximum Gasteiger partial charge on any atom is 0.262 e. The third kappa shape index (κ3) is 6.15. The third-order valence-electron chi connectivity index (χ3n) is 4.13. The number of halogens is 2. The van der Waals surface area contributed by atoms with Gasteiger partial charge in [-0.3, -0.25) is 4.79 Å². The van der Waals surface area contributed by atoms with Crippen molar-refractivity contribution in [3.63, 3.8) is 0 Å². The summed E-state index contributed by atoms with van der Waals surface area (Å²) >= 11 is 9.74. The van der Waals surface area contributed by atoms with Gasteiger partial charge in [-0.25, -0.2) is 0 Å². The van der Waals surface area contributed by atoms with Gasteiger partial charge in [0.15, 0.2) is 18.1 Å². The van der Waals surface area contributed by atoms with Crippen molar-refractivity contribution in [1.29, 1.82) is 0 Å². The zero-order chi connectivity index (χ0) is 21.3. The van der Waals surface area contributed by atoms with E-state index in [2.05, 4.69) is 26.6 Å². The number of rotatable bonds is 9. The average molecular weight is 490 g/mol. The third-order valence-corrected chi connectivity index (χ3v) is 5.05. The minimum Gasteiger partial charge on any atom is -0.490 e. The van der Waals surface area contributed by atoms with E-state index in [-0.39, 0.29) is 12.5 Å². The van der Waals surface area contributed by atoms with E-state index in [1.807, 2.05) is 73.7 Å². The van der Waals surface area contributed by atoms with Crippen LogP contribution >= 0.6 is 27.5 Å². The molecule has 0 aliphatic carbocycles. The number of hydrogen-bond donors (Lipinski definition) is 2. The van der Waals surface area contributed by atoms with E-state index in [1.54, 1.807) is 0 Å². The summed E-state index contributed by atoms with van der Waals surface area (Å²) in [6.07, 6.45) is 0. The van der Waals surface area contributed by atoms with Crippen LogP contribution in [0, 0.1) is 0 Å². The summed E-state index contributed by atoms with van der Waals surface area (Å²) < 4.78 is 12.2. The first kappa shape index (κ1) is 22.0. The maximum atomic E-state index is 12.2. The molecule has 0 unspecified atom stereocenters. The fourth-order valence-electron chi connectivity index (χ4n) is 2.78. The summed E-state index contributed by atoms with van der Waals surface area (Å²) in [5.41, 5.74) is 2.55. The molecule has 0 aliphatic heterocycles. The molecule has 2 N–H and O–H groups in total. The smallest absolute Gasteiger partial charge is 0.262 e. The van der Waals surface area contributed by atoms with Gasteiger partial charge in [-0.05, 0) is 64.8 Å². The van der Waals surface area contributed by atoms with Crippen LogP contribution < -0.4 is 20.1 Å². The van der Waals surface area contributed by atoms with Crippen LogP contribution in [0.2, 0.25) is 5.02 Å². The van der Waals surface area contributed by atoms with Gasteiger partial charge in [0.2, 0.25) is 0 Å². The van der Waals surface area contributed by atoms with Crippen molar-refractivity contribution in [3.05, 3.63) is 81.8 Å². The van der Waals surface area contributed by atoms with E-state index in [9.17, 15) is 4.79 Å². The fraction of sp³-hybridized carbons (Fsp3) is 0.174. The minimum atomic E-state index is -0.250. The van der Waals surface area contributed by atoms with E-state index >= 15 is 0 Å². The fourth-order valence-corrected chi connectivity index (χ4v) is 3.59. The molecule has 3 aromatic carbocycles. The number of carbonyl (C=O) groups is 1. The van der Waals surface area contributed by atoms with Crippen LogP contribution in [0.4, 0.5) is 11.4 Å². The van der Waals surface area contributed by atoms with Gasteiger partial charge in [-0.2, -0.15) is 0 Å². The summed E-state index contributed by atoms with van der Waals surface area (Å²) in [7, 11) is 0. The van der Waals surface area contributed by atoms with Gasteiger partial charge in [-0.1, -0.05) is 41.9 Å². The van der Waals surface area contributed by atoms with Gasteiger partial charge in [0.25, 0.3) is 5.91 Å². The standard InChI is InChI=1S/C23H22BrClN2O3/c1-2-29-21-13-16(14-26-20-11-7-6-10-19(20)25)12-18(24)23(21)30-15-22(28)27-17-8-4-3-5-9-17/h3-13,26H,2,14-15H2,1H3,(H,27,28). The second kappa shape index (κ2) is 10.9. The largest absolute Gasteiger partial charge is 0.490 e. The first-order valence-electron chi connectivity index (χ1n) is 9.48. The zero-order valence-corrected chi connectivity index (χ0v) is 18.8. The van der Waals surface area contributed by atoms with Crippen molar-refractivity contribution >= 4 is 44.8 Å². The summed E-state index contributed by atoms with van der Waals surface area (Å²) in [5.74, 6) is 0.803. The zero-order valence-electron chi connectivity index (χ0n) is 16.5. The lowest BCUT2D eigenvalue weighted by molar-refractivity contribution is -0.118. The molecule has 3 rings (SSSR count). The van der Waals surface area contributed by atoms with Gasteiger partial charge < -0.3 is 20.1 Å². The van der Waals surface area contributed by atoms with E-state index in [0.29, 0.717) is 34.1 Å². The molecule has 156 valence electrons. The van der Waals surface area contributed by atoms with Crippen molar-refractivity contribution in [3.8, 4) is 11.5 Å². The predicted octanol–water partition coefficient (Wildman–Crippen LogP) is 6.13. The monoisotopic (exact) mass is 488 g/mol. The second-order valence-electron chi connectivity index (χ2n) is 6.37. The summed E-state index contributed by atoms with van der Waals surface area (Å²) in [6, 6.07) is 20.6. The molecule has 0 bridgehead atoms. The van der Waals surface area contributed by atoms with Crippen LogP contribution in [0.3, 0.4) is 0 Å². The van der Waals surface area contributed by atoms with Crippen molar-refractivity contribution in [2.45, 2.75) is 13.5 Å². The molecule has 0 heterocycles. The lowest BCUT2D eigenvalue weighted by Gasteiger charge is -2.16. The molecule has 3 aromatic rings. The van der Waals surface area contributed by atoms with Crippen LogP contribution in [-0.4, -0.2) is 19.1 Å². The highest BCUT2D eigenvalue weighted by atomic mass is 79.9. The Labute approximate surface area is 189 Å². The number of carbonyl (C=O) groups excluding carboxylic acids is 1. The first-order valence-corrected chi connectivity index (χ1v) is 10.6. The van der Waals surface area contributed by atoms with E-state index < -0.39 is 0 Å². The van der Waals surface area contributed by atoms with Crippen LogP contribution in [0.15, 0.2) is 71.2 Å². The number of benzene rings is 3. The number of ether oxygens (including phenoxy) is 2. The van der Waals surface area contributed by atoms with Gasteiger partial charge >= 0.3 is 0 Å². The number of anilines is 2. The molecule has 7 heteroatoms. The summed E-state index contributed by atoms with van der Waals surface area (Å²) in [5, 5.41) is 6.76. The molecule has 30 heavy (non-hydrogen) atoms. The number of nitrogens with one attached hydrogen (secondary N) is 2. The topological polar surface area (TPSA) is 59.6 Å². The van der Waals surface area contributed by atoms with Crippen molar-refractivity contribution in [2.75, 3.05) is 23.8 Å². The molecular formula is C23H22BrClN2O3. The van der Waals surface area contributed by atoms with E-state index in [1.165, 1.54) is 0 Å². The Morgan fingerprint density at radius 3 is 2.50 bits per heavy atom. The minimum absolute atomic E-state index is 0.134. The normalized spacial score (nSPS) is 10.4. The van der Waals surface area contributed by atoms with Crippen LogP contribution in [0.5, 0.6) is 11.5 Å². The number of para-hydroxylation sites is 2. The molecule has 0 spiro atoms. The Balaban J connectivity index is 1.68. The number of amides is 1. The van der Waals surface area contributed by atoms with Crippen LogP contribution in [-0.2, 0) is 11.3 Å². The Kier molecular flexibility index (Phi) is 7.99. The molecule has 0 fully saturated rings. The Bertz CT molecular complexity index is 999. The van der Waals surface area contributed by atoms with Crippen molar-refractivity contribution in [2.24, 2.45) is 0 Å². The Morgan fingerprint density at radius 1 is 1.03 bits per heavy atom. The lowest BCUT2D eigenvalue weighted by atomic mass is 10.2. The Morgan fingerprint density at radius 2 is 1.77 bits per heavy atom. The van der Waals surface area contributed by atoms with Crippen molar-refractivity contribution < 1.29 is 14.3 Å². The molecule has 0 atom stereocenters. The van der Waals surface area contributed by atoms with Gasteiger partial charge in [-0.15, -0.1) is 0 Å². The number of hydrogen-bond acceptors (Lipinski definition) is 4. The maximum absolute atomic E-state index is 12.2. The lowest BCUT2D eigenvalue weighted by Crippen LogP contribution is -2.20. The van der Waals surface area contributed by atoms with E-state index in [4.69, 9.17) is 21.1 Å². The second-order valence-corrected chi connectivity index (χ2v) is 7.64. The van der Waals surface area contributed by atoms with Gasteiger partial charge in [0.05, 0.1) is 21.8 Å². The van der Waals surface area contributed by atoms with E-state index in [0.717, 1.165) is 16.9 Å².